The molecule has 0 aromatic carbocycles. The molecule has 0 aliphatic carbocycles. The van der Waals surface area contributed by atoms with E-state index in [9.17, 15) is 4.79 Å². The Balaban J connectivity index is 2.64. The van der Waals surface area contributed by atoms with Crippen LogP contribution in [0, 0.1) is 6.92 Å². The predicted octanol–water partition coefficient (Wildman–Crippen LogP) is 2.48. The number of aliphatic carboxylic acids is 1. The lowest BCUT2D eigenvalue weighted by Gasteiger charge is -2.00. The molecule has 16 heavy (non-hydrogen) atoms. The lowest BCUT2D eigenvalue weighted by atomic mass is 10.1. The fourth-order valence-electron chi connectivity index (χ4n) is 1.53. The Hall–Kier alpha value is -1.55. The van der Waals surface area contributed by atoms with Gasteiger partial charge in [0.05, 0.1) is 22.2 Å². The second-order valence-corrected chi connectivity index (χ2v) is 4.17. The van der Waals surface area contributed by atoms with E-state index in [4.69, 9.17) is 16.7 Å². The van der Waals surface area contributed by atoms with Crippen LogP contribution < -0.4 is 0 Å². The van der Waals surface area contributed by atoms with E-state index in [0.717, 1.165) is 11.1 Å². The van der Waals surface area contributed by atoms with Crippen molar-refractivity contribution >= 4 is 23.1 Å². The van der Waals surface area contributed by atoms with Gasteiger partial charge in [-0.1, -0.05) is 11.6 Å². The number of carbonyl (C=O) groups is 1. The quantitative estimate of drug-likeness (QED) is 0.875. The molecule has 0 bridgehead atoms. The minimum atomic E-state index is -0.929. The van der Waals surface area contributed by atoms with E-state index in [0.29, 0.717) is 10.7 Å². The number of hydrogen-bond donors (Lipinski definition) is 1. The zero-order valence-electron chi connectivity index (χ0n) is 8.94. The van der Waals surface area contributed by atoms with Crippen molar-refractivity contribution in [1.82, 2.24) is 9.61 Å². The fraction of sp³-hybridized carbons (Fsp3) is 0.273. The molecule has 4 nitrogen and oxygen atoms in total. The highest BCUT2D eigenvalue weighted by atomic mass is 35.5. The maximum atomic E-state index is 10.9. The lowest BCUT2D eigenvalue weighted by molar-refractivity contribution is -0.138. The molecule has 1 N–H and O–H groups in total. The summed E-state index contributed by atoms with van der Waals surface area (Å²) >= 11 is 6.12. The molecular weight excluding hydrogens is 228 g/mol. The lowest BCUT2D eigenvalue weighted by Crippen LogP contribution is -2.08. The number of carboxylic acid groups (broad SMARTS) is 1. The first kappa shape index (κ1) is 11.0. The smallest absolute Gasteiger partial charge is 0.312 e. The Morgan fingerprint density at radius 3 is 2.94 bits per heavy atom. The number of nitrogens with zero attached hydrogens (tertiary/aromatic N) is 2. The first-order valence-electron chi connectivity index (χ1n) is 4.88. The summed E-state index contributed by atoms with van der Waals surface area (Å²) in [5.74, 6) is -1.63. The van der Waals surface area contributed by atoms with Crippen LogP contribution in [0.2, 0.25) is 5.02 Å². The normalized spacial score (nSPS) is 12.9. The van der Waals surface area contributed by atoms with E-state index in [1.165, 1.54) is 0 Å². The van der Waals surface area contributed by atoms with Crippen molar-refractivity contribution < 1.29 is 9.90 Å². The molecule has 1 atom stereocenters. The summed E-state index contributed by atoms with van der Waals surface area (Å²) in [6.07, 6.45) is 1.77. The second kappa shape index (κ2) is 3.79. The van der Waals surface area contributed by atoms with Crippen LogP contribution in [-0.4, -0.2) is 20.7 Å². The van der Waals surface area contributed by atoms with Gasteiger partial charge >= 0.3 is 5.97 Å². The van der Waals surface area contributed by atoms with Crippen molar-refractivity contribution in [2.75, 3.05) is 0 Å². The zero-order valence-corrected chi connectivity index (χ0v) is 9.69. The van der Waals surface area contributed by atoms with Gasteiger partial charge in [0.1, 0.15) is 0 Å². The number of fused-ring (bicyclic) bond motifs is 1. The van der Waals surface area contributed by atoms with Gasteiger partial charge in [-0.15, -0.1) is 0 Å². The minimum absolute atomic E-state index is 0.403. The van der Waals surface area contributed by atoms with Crippen LogP contribution >= 0.6 is 11.6 Å². The molecule has 0 aliphatic rings. The van der Waals surface area contributed by atoms with E-state index < -0.39 is 11.9 Å². The van der Waals surface area contributed by atoms with Crippen LogP contribution in [0.1, 0.15) is 24.1 Å². The molecule has 0 radical (unpaired) electrons. The predicted molar refractivity (Wildman–Crippen MR) is 61.0 cm³/mol. The van der Waals surface area contributed by atoms with Gasteiger partial charge in [-0.2, -0.15) is 5.10 Å². The molecule has 0 fully saturated rings. The van der Waals surface area contributed by atoms with Crippen molar-refractivity contribution in [3.8, 4) is 0 Å². The number of hydrogen-bond acceptors (Lipinski definition) is 2. The van der Waals surface area contributed by atoms with Gasteiger partial charge in [0.2, 0.25) is 0 Å². The molecule has 1 unspecified atom stereocenters. The molecule has 0 amide bonds. The Bertz CT molecular complexity index is 562. The molecule has 2 aromatic rings. The summed E-state index contributed by atoms with van der Waals surface area (Å²) in [4.78, 5) is 10.9. The van der Waals surface area contributed by atoms with E-state index in [2.05, 4.69) is 5.10 Å². The Kier molecular flexibility index (Phi) is 2.59. The third-order valence-electron chi connectivity index (χ3n) is 2.54. The molecule has 2 rings (SSSR count). The van der Waals surface area contributed by atoms with Crippen LogP contribution in [0.4, 0.5) is 0 Å². The molecule has 0 spiro atoms. The van der Waals surface area contributed by atoms with Crippen LogP contribution in [0.3, 0.4) is 0 Å². The van der Waals surface area contributed by atoms with E-state index in [-0.39, 0.29) is 0 Å². The minimum Gasteiger partial charge on any atom is -0.481 e. The SMILES string of the molecule is Cc1ccn2nc(C(C)C(=O)O)c(Cl)c2c1. The second-order valence-electron chi connectivity index (χ2n) is 3.79. The van der Waals surface area contributed by atoms with Crippen LogP contribution in [-0.2, 0) is 4.79 Å². The topological polar surface area (TPSA) is 54.6 Å². The summed E-state index contributed by atoms with van der Waals surface area (Å²) in [5, 5.41) is 13.5. The van der Waals surface area contributed by atoms with Crippen molar-refractivity contribution in [1.29, 1.82) is 0 Å². The molecule has 0 saturated carbocycles. The first-order chi connectivity index (χ1) is 7.50. The van der Waals surface area contributed by atoms with Crippen LogP contribution in [0.25, 0.3) is 5.52 Å². The van der Waals surface area contributed by atoms with Gasteiger partial charge in [-0.05, 0) is 31.5 Å². The van der Waals surface area contributed by atoms with Gasteiger partial charge in [-0.3, -0.25) is 4.79 Å². The monoisotopic (exact) mass is 238 g/mol. The van der Waals surface area contributed by atoms with Crippen molar-refractivity contribution in [2.24, 2.45) is 0 Å². The summed E-state index contributed by atoms with van der Waals surface area (Å²) < 4.78 is 1.60. The fourth-order valence-corrected chi connectivity index (χ4v) is 1.88. The average molecular weight is 239 g/mol. The highest BCUT2D eigenvalue weighted by Gasteiger charge is 2.22. The summed E-state index contributed by atoms with van der Waals surface area (Å²) in [5.41, 5.74) is 2.20. The third kappa shape index (κ3) is 1.65. The molecule has 2 aromatic heterocycles. The van der Waals surface area contributed by atoms with E-state index >= 15 is 0 Å². The summed E-state index contributed by atoms with van der Waals surface area (Å²) in [6.45, 7) is 3.52. The summed E-state index contributed by atoms with van der Waals surface area (Å²) in [6, 6.07) is 3.78. The van der Waals surface area contributed by atoms with Crippen molar-refractivity contribution in [3.63, 3.8) is 0 Å². The maximum absolute atomic E-state index is 10.9. The van der Waals surface area contributed by atoms with Gasteiger partial charge in [0.15, 0.2) is 0 Å². The Labute approximate surface area is 97.5 Å². The Morgan fingerprint density at radius 1 is 1.62 bits per heavy atom. The highest BCUT2D eigenvalue weighted by molar-refractivity contribution is 6.34. The number of pyridine rings is 1. The number of aryl methyl sites for hydroxylation is 1. The molecule has 2 heterocycles. The molecular formula is C11H11ClN2O2. The zero-order chi connectivity index (χ0) is 11.9. The summed E-state index contributed by atoms with van der Waals surface area (Å²) in [7, 11) is 0. The Morgan fingerprint density at radius 2 is 2.31 bits per heavy atom. The molecule has 0 saturated heterocycles. The molecule has 0 aliphatic heterocycles. The van der Waals surface area contributed by atoms with E-state index in [1.54, 1.807) is 17.6 Å². The number of rotatable bonds is 2. The maximum Gasteiger partial charge on any atom is 0.312 e. The molecule has 5 heteroatoms. The van der Waals surface area contributed by atoms with E-state index in [1.807, 2.05) is 19.1 Å². The third-order valence-corrected chi connectivity index (χ3v) is 2.92. The number of aromatic nitrogens is 2. The van der Waals surface area contributed by atoms with Crippen LogP contribution in [0.15, 0.2) is 18.3 Å². The number of halogens is 1. The average Bonchev–Trinajstić information content (AvgIpc) is 2.55. The number of carboxylic acids is 1. The van der Waals surface area contributed by atoms with Gasteiger partial charge in [0.25, 0.3) is 0 Å². The molecule has 84 valence electrons. The van der Waals surface area contributed by atoms with Gasteiger partial charge < -0.3 is 5.11 Å². The van der Waals surface area contributed by atoms with Crippen molar-refractivity contribution in [3.05, 3.63) is 34.6 Å². The standard InChI is InChI=1S/C11H11ClN2O2/c1-6-3-4-14-8(5-6)9(12)10(13-14)7(2)11(15)16/h3-5,7H,1-2H3,(H,15,16). The van der Waals surface area contributed by atoms with Crippen molar-refractivity contribution in [2.45, 2.75) is 19.8 Å². The van der Waals surface area contributed by atoms with Gasteiger partial charge in [0, 0.05) is 6.20 Å². The highest BCUT2D eigenvalue weighted by Crippen LogP contribution is 2.28. The largest absolute Gasteiger partial charge is 0.481 e. The van der Waals surface area contributed by atoms with Crippen LogP contribution in [0.5, 0.6) is 0 Å². The van der Waals surface area contributed by atoms with Gasteiger partial charge in [-0.25, -0.2) is 4.52 Å². The first-order valence-corrected chi connectivity index (χ1v) is 5.25.